The second-order valence-corrected chi connectivity index (χ2v) is 11.9. The molecule has 0 aliphatic carbocycles. The van der Waals surface area contributed by atoms with Crippen LogP contribution in [0, 0.1) is 5.92 Å². The number of hydrogen-bond acceptors (Lipinski definition) is 5. The van der Waals surface area contributed by atoms with Gasteiger partial charge < -0.3 is 5.32 Å². The van der Waals surface area contributed by atoms with Crippen LogP contribution in [0.2, 0.25) is 0 Å². The zero-order valence-electron chi connectivity index (χ0n) is 18.9. The number of carbonyl (C=O) groups is 1. The number of nitrogens with zero attached hydrogens (tertiary/aromatic N) is 2. The molecule has 0 saturated heterocycles. The summed E-state index contributed by atoms with van der Waals surface area (Å²) in [6.45, 7) is 2.09. The van der Waals surface area contributed by atoms with Gasteiger partial charge in [-0.05, 0) is 42.2 Å². The van der Waals surface area contributed by atoms with E-state index < -0.39 is 26.0 Å². The molecule has 0 aromatic heterocycles. The van der Waals surface area contributed by atoms with E-state index in [-0.39, 0.29) is 23.0 Å². The molecule has 0 spiro atoms. The summed E-state index contributed by atoms with van der Waals surface area (Å²) in [4.78, 5) is 12.6. The maximum Gasteiger partial charge on any atom is 0.242 e. The Hall–Kier alpha value is -2.43. The van der Waals surface area contributed by atoms with Crippen molar-refractivity contribution in [1.82, 2.24) is 9.62 Å². The van der Waals surface area contributed by atoms with Crippen LogP contribution in [0.5, 0.6) is 0 Å². The van der Waals surface area contributed by atoms with Crippen molar-refractivity contribution >= 4 is 31.6 Å². The Morgan fingerprint density at radius 3 is 2.06 bits per heavy atom. The maximum absolute atomic E-state index is 12.5. The Kier molecular flexibility index (Phi) is 8.82. The first-order valence-corrected chi connectivity index (χ1v) is 13.5. The van der Waals surface area contributed by atoms with Crippen molar-refractivity contribution in [2.75, 3.05) is 37.7 Å². The molecule has 1 amide bonds. The molecule has 0 fully saturated rings. The number of benzene rings is 2. The van der Waals surface area contributed by atoms with Crippen LogP contribution >= 0.6 is 0 Å². The number of anilines is 1. The molecule has 8 nitrogen and oxygen atoms in total. The summed E-state index contributed by atoms with van der Waals surface area (Å²) in [6, 6.07) is 15.4. The van der Waals surface area contributed by atoms with Gasteiger partial charge in [-0.15, -0.1) is 0 Å². The van der Waals surface area contributed by atoms with Gasteiger partial charge in [0.2, 0.25) is 26.0 Å². The summed E-state index contributed by atoms with van der Waals surface area (Å²) in [5.41, 5.74) is 1.40. The average molecular weight is 482 g/mol. The minimum Gasteiger partial charge on any atom is -0.354 e. The minimum atomic E-state index is -3.76. The molecule has 2 rings (SSSR count). The van der Waals surface area contributed by atoms with Crippen molar-refractivity contribution in [3.05, 3.63) is 60.2 Å². The van der Waals surface area contributed by atoms with Gasteiger partial charge in [-0.3, -0.25) is 9.10 Å². The number of amides is 1. The van der Waals surface area contributed by atoms with Crippen LogP contribution in [0.3, 0.4) is 0 Å². The van der Waals surface area contributed by atoms with E-state index in [0.29, 0.717) is 6.54 Å². The Morgan fingerprint density at radius 1 is 0.969 bits per heavy atom. The van der Waals surface area contributed by atoms with Crippen molar-refractivity contribution in [3.8, 4) is 0 Å². The highest BCUT2D eigenvalue weighted by molar-refractivity contribution is 7.92. The lowest BCUT2D eigenvalue weighted by atomic mass is 9.97. The molecular weight excluding hydrogens is 450 g/mol. The first-order valence-electron chi connectivity index (χ1n) is 10.3. The summed E-state index contributed by atoms with van der Waals surface area (Å²) in [5, 5.41) is 2.83. The topological polar surface area (TPSA) is 104 Å². The molecule has 1 atom stereocenters. The first kappa shape index (κ1) is 25.8. The molecule has 1 N–H and O–H groups in total. The first-order chi connectivity index (χ1) is 14.9. The quantitative estimate of drug-likeness (QED) is 0.529. The number of hydrogen-bond donors (Lipinski definition) is 1. The zero-order chi connectivity index (χ0) is 23.9. The minimum absolute atomic E-state index is 0.0378. The van der Waals surface area contributed by atoms with Crippen molar-refractivity contribution in [2.45, 2.75) is 24.7 Å². The SMILES string of the molecule is CCC(CNC(=O)CN(c1ccc(S(=O)(=O)N(C)C)cc1)S(C)(=O)=O)Cc1ccccc1. The van der Waals surface area contributed by atoms with E-state index in [1.807, 2.05) is 37.3 Å². The lowest BCUT2D eigenvalue weighted by molar-refractivity contribution is -0.119. The molecule has 1 unspecified atom stereocenters. The molecule has 0 heterocycles. The number of rotatable bonds is 11. The Balaban J connectivity index is 2.08. The van der Waals surface area contributed by atoms with Gasteiger partial charge >= 0.3 is 0 Å². The molecule has 176 valence electrons. The van der Waals surface area contributed by atoms with Crippen LogP contribution in [0.1, 0.15) is 18.9 Å². The van der Waals surface area contributed by atoms with Crippen molar-refractivity contribution in [2.24, 2.45) is 5.92 Å². The van der Waals surface area contributed by atoms with E-state index in [1.165, 1.54) is 43.9 Å². The summed E-state index contributed by atoms with van der Waals surface area (Å²) >= 11 is 0. The van der Waals surface area contributed by atoms with Gasteiger partial charge in [-0.2, -0.15) is 0 Å². The van der Waals surface area contributed by atoms with Gasteiger partial charge in [-0.25, -0.2) is 21.1 Å². The molecule has 0 saturated carbocycles. The molecule has 2 aromatic carbocycles. The van der Waals surface area contributed by atoms with E-state index in [0.717, 1.165) is 27.7 Å². The Bertz CT molecular complexity index is 1100. The van der Waals surface area contributed by atoms with Crippen LogP contribution in [0.15, 0.2) is 59.5 Å². The average Bonchev–Trinajstić information content (AvgIpc) is 2.74. The highest BCUT2D eigenvalue weighted by Gasteiger charge is 2.23. The summed E-state index contributed by atoms with van der Waals surface area (Å²) in [6.07, 6.45) is 2.69. The number of carbonyl (C=O) groups excluding carboxylic acids is 1. The molecule has 32 heavy (non-hydrogen) atoms. The second-order valence-electron chi connectivity index (χ2n) is 7.82. The molecular formula is C22H31N3O5S2. The largest absolute Gasteiger partial charge is 0.354 e. The highest BCUT2D eigenvalue weighted by Crippen LogP contribution is 2.21. The third kappa shape index (κ3) is 7.04. The Morgan fingerprint density at radius 2 is 1.56 bits per heavy atom. The molecule has 0 radical (unpaired) electrons. The standard InChI is InChI=1S/C22H31N3O5S2/c1-5-18(15-19-9-7-6-8-10-19)16-23-22(26)17-25(31(4,27)28)20-11-13-21(14-12-20)32(29,30)24(2)3/h6-14,18H,5,15-17H2,1-4H3,(H,23,26). The normalized spacial score (nSPS) is 13.0. The molecule has 2 aromatic rings. The highest BCUT2D eigenvalue weighted by atomic mass is 32.2. The van der Waals surface area contributed by atoms with Gasteiger partial charge in [0.1, 0.15) is 6.54 Å². The van der Waals surface area contributed by atoms with Gasteiger partial charge in [0, 0.05) is 20.6 Å². The maximum atomic E-state index is 12.5. The van der Waals surface area contributed by atoms with Gasteiger partial charge in [0.25, 0.3) is 0 Å². The predicted molar refractivity (Wildman–Crippen MR) is 126 cm³/mol. The van der Waals surface area contributed by atoms with Gasteiger partial charge in [0.05, 0.1) is 16.8 Å². The van der Waals surface area contributed by atoms with E-state index >= 15 is 0 Å². The van der Waals surface area contributed by atoms with Gasteiger partial charge in [-0.1, -0.05) is 43.7 Å². The van der Waals surface area contributed by atoms with Crippen molar-refractivity contribution < 1.29 is 21.6 Å². The molecule has 10 heteroatoms. The van der Waals surface area contributed by atoms with E-state index in [2.05, 4.69) is 5.32 Å². The fraction of sp³-hybridized carbons (Fsp3) is 0.409. The van der Waals surface area contributed by atoms with E-state index in [4.69, 9.17) is 0 Å². The third-order valence-corrected chi connectivity index (χ3v) is 8.09. The summed E-state index contributed by atoms with van der Waals surface area (Å²) < 4.78 is 51.1. The van der Waals surface area contributed by atoms with Crippen LogP contribution in [-0.2, 0) is 31.3 Å². The third-order valence-electron chi connectivity index (χ3n) is 5.12. The van der Waals surface area contributed by atoms with Crippen molar-refractivity contribution in [1.29, 1.82) is 0 Å². The lowest BCUT2D eigenvalue weighted by Crippen LogP contribution is -2.41. The fourth-order valence-corrected chi connectivity index (χ4v) is 4.91. The van der Waals surface area contributed by atoms with Crippen LogP contribution in [0.4, 0.5) is 5.69 Å². The van der Waals surface area contributed by atoms with E-state index in [1.54, 1.807) is 0 Å². The van der Waals surface area contributed by atoms with Crippen molar-refractivity contribution in [3.63, 3.8) is 0 Å². The number of nitrogens with one attached hydrogen (secondary N) is 1. The summed E-state index contributed by atoms with van der Waals surface area (Å²) in [7, 11) is -4.57. The van der Waals surface area contributed by atoms with Gasteiger partial charge in [0.15, 0.2) is 0 Å². The van der Waals surface area contributed by atoms with Crippen LogP contribution in [-0.4, -0.2) is 60.5 Å². The molecule has 0 aliphatic heterocycles. The smallest absolute Gasteiger partial charge is 0.242 e. The van der Waals surface area contributed by atoms with Crippen LogP contribution in [0.25, 0.3) is 0 Å². The molecule has 0 aliphatic rings. The fourth-order valence-electron chi connectivity index (χ4n) is 3.15. The molecule has 0 bridgehead atoms. The lowest BCUT2D eigenvalue weighted by Gasteiger charge is -2.23. The summed E-state index contributed by atoms with van der Waals surface area (Å²) in [5.74, 6) is -0.199. The predicted octanol–water partition coefficient (Wildman–Crippen LogP) is 2.09. The number of sulfonamides is 2. The van der Waals surface area contributed by atoms with Crippen LogP contribution < -0.4 is 9.62 Å². The van der Waals surface area contributed by atoms with E-state index in [9.17, 15) is 21.6 Å². The second kappa shape index (κ2) is 10.9. The Labute approximate surface area is 191 Å². The zero-order valence-corrected chi connectivity index (χ0v) is 20.5. The monoisotopic (exact) mass is 481 g/mol.